The molecule has 0 bridgehead atoms. The molecule has 2 rings (SSSR count). The Morgan fingerprint density at radius 3 is 1.00 bits per heavy atom. The third-order valence-electron chi connectivity index (χ3n) is 6.36. The van der Waals surface area contributed by atoms with Gasteiger partial charge in [-0.05, 0) is 65.0 Å². The molecule has 31 heavy (non-hydrogen) atoms. The van der Waals surface area contributed by atoms with Crippen LogP contribution in [0.3, 0.4) is 0 Å². The van der Waals surface area contributed by atoms with Gasteiger partial charge in [-0.2, -0.15) is 0 Å². The first-order valence-electron chi connectivity index (χ1n) is 10.9. The zero-order chi connectivity index (χ0) is 23.8. The molecular formula is C27H45N2SiSm+2. The van der Waals surface area contributed by atoms with Crippen LogP contribution in [0, 0.1) is 99.6 Å². The van der Waals surface area contributed by atoms with Gasteiger partial charge in [0.2, 0.25) is 0 Å². The first-order chi connectivity index (χ1) is 13.7. The minimum atomic E-state index is -1.13. The van der Waals surface area contributed by atoms with Crippen molar-refractivity contribution >= 4 is 13.9 Å². The third kappa shape index (κ3) is 11.2. The summed E-state index contributed by atoms with van der Waals surface area (Å²) in [6.07, 6.45) is 1.74. The van der Waals surface area contributed by atoms with Crippen molar-refractivity contribution < 1.29 is 40.4 Å². The van der Waals surface area contributed by atoms with Crippen LogP contribution in [0.4, 0.5) is 0 Å². The van der Waals surface area contributed by atoms with E-state index < -0.39 is 8.07 Å². The average molecular weight is 576 g/mol. The third-order valence-corrected chi connectivity index (χ3v) is 7.25. The van der Waals surface area contributed by atoms with Crippen molar-refractivity contribution in [1.29, 1.82) is 0 Å². The molecule has 0 saturated heterocycles. The van der Waals surface area contributed by atoms with Gasteiger partial charge in [0.15, 0.2) is 0 Å². The second-order valence-electron chi connectivity index (χ2n) is 9.47. The summed E-state index contributed by atoms with van der Waals surface area (Å²) in [5, 5.41) is 3.92. The number of nitrogens with zero attached hydrogens (tertiary/aromatic N) is 2. The largest absolute Gasteiger partial charge is 3.00 e. The Kier molecular flexibility index (Phi) is 17.1. The Morgan fingerprint density at radius 1 is 0.613 bits per heavy atom. The summed E-state index contributed by atoms with van der Waals surface area (Å²) in [4.78, 5) is 0. The van der Waals surface area contributed by atoms with Crippen molar-refractivity contribution in [3.05, 3.63) is 77.3 Å². The van der Waals surface area contributed by atoms with E-state index in [1.807, 2.05) is 5.84 Å². The van der Waals surface area contributed by atoms with E-state index in [2.05, 4.69) is 106 Å². The minimum absolute atomic E-state index is 0. The smallest absolute Gasteiger partial charge is 0.600 e. The fraction of sp³-hybridized carbons (Fsp3) is 0.519. The normalized spacial score (nSPS) is 22.2. The standard InChI is InChI=1S/2C10H15.C7H15N2Si.Sm/c2*1-6-7(2)9(4)10(5)8(6)3;1-5-6-8-9-7-10(2,3)4;/h2*1-5H3;5,7H,1,6H2,2-4H3;/q;;-1;+3/b;;9-7+;. The Morgan fingerprint density at radius 2 is 0.839 bits per heavy atom. The van der Waals surface area contributed by atoms with Crippen LogP contribution in [0.15, 0.2) is 17.8 Å². The monoisotopic (exact) mass is 577 g/mol. The number of hydrogen-bond acceptors (Lipinski definition) is 1. The second-order valence-corrected chi connectivity index (χ2v) is 14.5. The van der Waals surface area contributed by atoms with Gasteiger partial charge < -0.3 is 10.5 Å². The summed E-state index contributed by atoms with van der Waals surface area (Å²) in [6.45, 7) is 32.8. The van der Waals surface area contributed by atoms with Crippen LogP contribution in [0.5, 0.6) is 0 Å². The maximum absolute atomic E-state index is 3.92. The fourth-order valence-electron chi connectivity index (χ4n) is 3.13. The van der Waals surface area contributed by atoms with Gasteiger partial charge in [-0.15, -0.1) is 19.2 Å². The van der Waals surface area contributed by atoms with Crippen LogP contribution in [0.2, 0.25) is 19.6 Å². The van der Waals surface area contributed by atoms with Gasteiger partial charge in [0, 0.05) is 0 Å². The predicted octanol–water partition coefficient (Wildman–Crippen LogP) is 8.35. The molecule has 171 valence electrons. The van der Waals surface area contributed by atoms with Gasteiger partial charge >= 0.3 is 40.4 Å². The quantitative estimate of drug-likeness (QED) is 0.106. The molecule has 0 spiro atoms. The second kappa shape index (κ2) is 15.6. The van der Waals surface area contributed by atoms with Gasteiger partial charge in [-0.3, -0.25) is 0 Å². The van der Waals surface area contributed by atoms with Gasteiger partial charge in [-0.25, -0.2) is 0 Å². The maximum Gasteiger partial charge on any atom is 3.00 e. The van der Waals surface area contributed by atoms with Crippen LogP contribution in [-0.4, -0.2) is 20.5 Å². The number of rotatable bonds is 4. The fourth-order valence-corrected chi connectivity index (χ4v) is 3.56. The van der Waals surface area contributed by atoms with Crippen molar-refractivity contribution in [2.45, 2.75) is 88.9 Å². The van der Waals surface area contributed by atoms with E-state index in [0.29, 0.717) is 6.54 Å². The molecule has 0 aromatic heterocycles. The molecule has 11 radical (unpaired) electrons. The van der Waals surface area contributed by atoms with E-state index in [9.17, 15) is 0 Å². The van der Waals surface area contributed by atoms with E-state index in [1.54, 1.807) is 6.08 Å². The molecule has 0 amide bonds. The summed E-state index contributed by atoms with van der Waals surface area (Å²) >= 11 is 0. The molecular weight excluding hydrogens is 531 g/mol. The van der Waals surface area contributed by atoms with E-state index in [4.69, 9.17) is 0 Å². The zero-order valence-corrected chi connectivity index (χ0v) is 26.0. The van der Waals surface area contributed by atoms with Crippen LogP contribution in [-0.2, 0) is 0 Å². The molecule has 0 N–H and O–H groups in total. The number of hydrogen-bond donors (Lipinski definition) is 0. The van der Waals surface area contributed by atoms with Crippen LogP contribution < -0.4 is 0 Å². The maximum atomic E-state index is 3.92. The molecule has 0 heterocycles. The first-order valence-corrected chi connectivity index (χ1v) is 14.5. The van der Waals surface area contributed by atoms with Crippen LogP contribution >= 0.6 is 0 Å². The SMILES string of the molecule is C=CC[N-]/N=C/[Si](C)(C)C.C[C]1[C](C)[C](C)[C](C)[C]1C.C[C]1[C](C)[C](C)[C](C)[C]1C.[Sm+3]. The van der Waals surface area contributed by atoms with Gasteiger partial charge in [0.1, 0.15) is 0 Å². The molecule has 2 fully saturated rings. The summed E-state index contributed by atoms with van der Waals surface area (Å²) in [7, 11) is -1.13. The summed E-state index contributed by atoms with van der Waals surface area (Å²) < 4.78 is 0. The van der Waals surface area contributed by atoms with E-state index in [-0.39, 0.29) is 40.4 Å². The Labute approximate surface area is 230 Å². The van der Waals surface area contributed by atoms with Crippen molar-refractivity contribution in [3.63, 3.8) is 0 Å². The summed E-state index contributed by atoms with van der Waals surface area (Å²) in [5.74, 6) is 16.6. The molecule has 2 nitrogen and oxygen atoms in total. The van der Waals surface area contributed by atoms with Crippen molar-refractivity contribution in [3.8, 4) is 0 Å². The van der Waals surface area contributed by atoms with Crippen LogP contribution in [0.1, 0.15) is 69.2 Å². The van der Waals surface area contributed by atoms with Crippen molar-refractivity contribution in [1.82, 2.24) is 0 Å². The van der Waals surface area contributed by atoms with E-state index in [1.165, 1.54) is 59.2 Å². The van der Waals surface area contributed by atoms with Gasteiger partial charge in [-0.1, -0.05) is 88.9 Å². The Balaban J connectivity index is 0. The molecule has 0 unspecified atom stereocenters. The molecule has 0 aliphatic heterocycles. The Bertz CT molecular complexity index is 396. The van der Waals surface area contributed by atoms with E-state index >= 15 is 0 Å². The molecule has 0 aromatic carbocycles. The van der Waals surface area contributed by atoms with Crippen LogP contribution in [0.25, 0.3) is 5.43 Å². The summed E-state index contributed by atoms with van der Waals surface area (Å²) in [5.41, 5.74) is 3.86. The predicted molar refractivity (Wildman–Crippen MR) is 139 cm³/mol. The Hall–Kier alpha value is 0.765. The molecule has 0 aromatic rings. The topological polar surface area (TPSA) is 26.5 Å². The summed E-state index contributed by atoms with van der Waals surface area (Å²) in [6, 6.07) is 0. The molecule has 2 saturated carbocycles. The first kappa shape index (κ1) is 33.9. The van der Waals surface area contributed by atoms with E-state index in [0.717, 1.165) is 0 Å². The zero-order valence-electron chi connectivity index (χ0n) is 22.4. The van der Waals surface area contributed by atoms with Crippen molar-refractivity contribution in [2.75, 3.05) is 6.54 Å². The minimum Gasteiger partial charge on any atom is -0.600 e. The molecule has 0 atom stereocenters. The molecule has 4 heteroatoms. The molecule has 2 aliphatic rings. The van der Waals surface area contributed by atoms with Crippen molar-refractivity contribution in [2.24, 2.45) is 5.10 Å². The molecule has 2 aliphatic carbocycles. The van der Waals surface area contributed by atoms with Gasteiger partial charge in [0.05, 0.1) is 8.07 Å². The van der Waals surface area contributed by atoms with Gasteiger partial charge in [0.25, 0.3) is 0 Å². The average Bonchev–Trinajstić information content (AvgIpc) is 2.96.